The highest BCUT2D eigenvalue weighted by Gasteiger charge is 2.38. The molecule has 2 aliphatic heterocycles. The first-order chi connectivity index (χ1) is 14.9. The first kappa shape index (κ1) is 18.8. The molecule has 154 valence electrons. The van der Waals surface area contributed by atoms with E-state index in [1.54, 1.807) is 0 Å². The number of rotatable bonds is 2. The molecule has 31 heavy (non-hydrogen) atoms. The Morgan fingerprint density at radius 3 is 1.68 bits per heavy atom. The van der Waals surface area contributed by atoms with Gasteiger partial charge in [0.05, 0.1) is 23.0 Å². The summed E-state index contributed by atoms with van der Waals surface area (Å²) in [7, 11) is 0. The second kappa shape index (κ2) is 6.65. The minimum Gasteiger partial charge on any atom is -0.420 e. The fraction of sp³-hybridized carbons (Fsp3) is 0.200. The molecule has 11 heteroatoms. The van der Waals surface area contributed by atoms with Crippen LogP contribution in [0.2, 0.25) is 0 Å². The lowest BCUT2D eigenvalue weighted by Crippen LogP contribution is -2.21. The molecule has 0 saturated carbocycles. The van der Waals surface area contributed by atoms with Gasteiger partial charge in [0.15, 0.2) is 0 Å². The van der Waals surface area contributed by atoms with E-state index in [-0.39, 0.29) is 11.8 Å². The van der Waals surface area contributed by atoms with Crippen molar-refractivity contribution in [2.75, 3.05) is 0 Å². The highest BCUT2D eigenvalue weighted by atomic mass is 32.1. The average Bonchev–Trinajstić information content (AvgIpc) is 3.46. The van der Waals surface area contributed by atoms with Gasteiger partial charge in [-0.25, -0.2) is 0 Å². The summed E-state index contributed by atoms with van der Waals surface area (Å²) in [5, 5.41) is 33.6. The molecule has 0 radical (unpaired) electrons. The summed E-state index contributed by atoms with van der Waals surface area (Å²) in [6.45, 7) is 3.73. The Labute approximate surface area is 180 Å². The number of H-pyrrole nitrogens is 2. The minimum absolute atomic E-state index is 0.0299. The molecule has 10 nitrogen and oxygen atoms in total. The predicted octanol–water partition coefficient (Wildman–Crippen LogP) is 2.25. The summed E-state index contributed by atoms with van der Waals surface area (Å²) in [5.74, 6) is -0.0833. The topological polar surface area (TPSA) is 175 Å². The van der Waals surface area contributed by atoms with Gasteiger partial charge in [0, 0.05) is 21.1 Å². The predicted molar refractivity (Wildman–Crippen MR) is 110 cm³/mol. The number of allylic oxidation sites excluding steroid dienone is 2. The monoisotopic (exact) mass is 432 g/mol. The van der Waals surface area contributed by atoms with Crippen LogP contribution in [0.15, 0.2) is 35.0 Å². The molecular formula is C20H16N8O2S. The number of nitriles is 2. The molecule has 5 heterocycles. The van der Waals surface area contributed by atoms with Gasteiger partial charge in [0.2, 0.25) is 23.5 Å². The van der Waals surface area contributed by atoms with Crippen molar-refractivity contribution in [2.45, 2.75) is 25.7 Å². The summed E-state index contributed by atoms with van der Waals surface area (Å²) >= 11 is 1.46. The summed E-state index contributed by atoms with van der Waals surface area (Å²) in [6, 6.07) is 8.20. The van der Waals surface area contributed by atoms with Crippen molar-refractivity contribution >= 4 is 11.3 Å². The van der Waals surface area contributed by atoms with Gasteiger partial charge in [-0.2, -0.15) is 10.5 Å². The maximum absolute atomic E-state index is 9.77. The largest absolute Gasteiger partial charge is 0.420 e. The van der Waals surface area contributed by atoms with Crippen LogP contribution in [-0.4, -0.2) is 20.4 Å². The van der Waals surface area contributed by atoms with Crippen LogP contribution in [0.3, 0.4) is 0 Å². The van der Waals surface area contributed by atoms with Crippen LogP contribution < -0.4 is 20.9 Å². The van der Waals surface area contributed by atoms with Crippen LogP contribution in [0.25, 0.3) is 0 Å². The molecule has 0 saturated heterocycles. The summed E-state index contributed by atoms with van der Waals surface area (Å²) in [5.41, 5.74) is 15.8. The number of fused-ring (bicyclic) bond motifs is 2. The molecule has 6 N–H and O–H groups in total. The lowest BCUT2D eigenvalue weighted by atomic mass is 9.88. The Morgan fingerprint density at radius 2 is 1.29 bits per heavy atom. The van der Waals surface area contributed by atoms with Crippen molar-refractivity contribution in [3.8, 4) is 23.9 Å². The van der Waals surface area contributed by atoms with E-state index in [4.69, 9.17) is 20.9 Å². The van der Waals surface area contributed by atoms with Gasteiger partial charge in [0.1, 0.15) is 23.3 Å². The number of nitrogens with two attached hydrogens (primary N) is 2. The van der Waals surface area contributed by atoms with Crippen molar-refractivity contribution in [1.29, 1.82) is 10.5 Å². The second-order valence-corrected chi connectivity index (χ2v) is 8.37. The zero-order chi connectivity index (χ0) is 21.9. The molecule has 0 bridgehead atoms. The molecule has 0 fully saturated rings. The first-order valence-corrected chi connectivity index (χ1v) is 10.1. The van der Waals surface area contributed by atoms with E-state index in [9.17, 15) is 10.5 Å². The number of thiophene rings is 1. The van der Waals surface area contributed by atoms with Crippen LogP contribution >= 0.6 is 11.3 Å². The summed E-state index contributed by atoms with van der Waals surface area (Å²) in [6.07, 6.45) is 0. The number of aryl methyl sites for hydroxylation is 2. The van der Waals surface area contributed by atoms with Gasteiger partial charge in [-0.05, 0) is 26.0 Å². The van der Waals surface area contributed by atoms with Crippen molar-refractivity contribution in [3.63, 3.8) is 0 Å². The molecule has 2 atom stereocenters. The van der Waals surface area contributed by atoms with Crippen molar-refractivity contribution in [1.82, 2.24) is 20.4 Å². The number of aromatic amines is 2. The summed E-state index contributed by atoms with van der Waals surface area (Å²) < 4.78 is 11.1. The second-order valence-electron chi connectivity index (χ2n) is 7.22. The van der Waals surface area contributed by atoms with E-state index >= 15 is 0 Å². The van der Waals surface area contributed by atoms with E-state index in [1.165, 1.54) is 11.3 Å². The first-order valence-electron chi connectivity index (χ1n) is 9.29. The van der Waals surface area contributed by atoms with Crippen LogP contribution in [0.4, 0.5) is 0 Å². The molecule has 3 aromatic rings. The average molecular weight is 432 g/mol. The van der Waals surface area contributed by atoms with Gasteiger partial charge < -0.3 is 20.9 Å². The van der Waals surface area contributed by atoms with Crippen LogP contribution in [0.1, 0.15) is 44.1 Å². The van der Waals surface area contributed by atoms with Gasteiger partial charge in [-0.1, -0.05) is 0 Å². The SMILES string of the molecule is Cc1[nH]nc2c1C(c1ccc(C3C(C#N)=C(N)Oc4n[nH]c(C)c43)s1)C(C#N)=C(N)O2. The molecular weight excluding hydrogens is 416 g/mol. The fourth-order valence-electron chi connectivity index (χ4n) is 4.04. The number of aromatic nitrogens is 4. The Kier molecular flexibility index (Phi) is 4.03. The lowest BCUT2D eigenvalue weighted by Gasteiger charge is -2.23. The molecule has 2 unspecified atom stereocenters. The van der Waals surface area contributed by atoms with Crippen molar-refractivity contribution < 1.29 is 9.47 Å². The van der Waals surface area contributed by atoms with Gasteiger partial charge in [-0.3, -0.25) is 10.2 Å². The zero-order valence-corrected chi connectivity index (χ0v) is 17.3. The van der Waals surface area contributed by atoms with Gasteiger partial charge in [0.25, 0.3) is 0 Å². The number of ether oxygens (including phenoxy) is 2. The molecule has 0 aromatic carbocycles. The molecule has 3 aromatic heterocycles. The van der Waals surface area contributed by atoms with E-state index in [0.717, 1.165) is 32.3 Å². The smallest absolute Gasteiger partial charge is 0.244 e. The van der Waals surface area contributed by atoms with Crippen LogP contribution in [0.5, 0.6) is 11.8 Å². The van der Waals surface area contributed by atoms with Gasteiger partial charge >= 0.3 is 0 Å². The minimum atomic E-state index is -0.428. The Morgan fingerprint density at radius 1 is 0.871 bits per heavy atom. The van der Waals surface area contributed by atoms with E-state index in [2.05, 4.69) is 32.5 Å². The third kappa shape index (κ3) is 2.61. The van der Waals surface area contributed by atoms with Crippen LogP contribution in [-0.2, 0) is 0 Å². The highest BCUT2D eigenvalue weighted by molar-refractivity contribution is 7.12. The maximum atomic E-state index is 9.77. The fourth-order valence-corrected chi connectivity index (χ4v) is 5.30. The van der Waals surface area contributed by atoms with Crippen molar-refractivity contribution in [3.05, 3.63) is 67.3 Å². The number of nitrogens with zero attached hydrogens (tertiary/aromatic N) is 4. The van der Waals surface area contributed by atoms with E-state index < -0.39 is 11.8 Å². The third-order valence-electron chi connectivity index (χ3n) is 5.48. The number of hydrogen-bond acceptors (Lipinski definition) is 9. The molecule has 0 aliphatic carbocycles. The molecule has 5 rings (SSSR count). The van der Waals surface area contributed by atoms with Crippen molar-refractivity contribution in [2.24, 2.45) is 11.5 Å². The Balaban J connectivity index is 1.67. The van der Waals surface area contributed by atoms with Crippen LogP contribution in [0, 0.1) is 36.5 Å². The standard InChI is InChI=1S/C20H16N8O2S/c1-7-13-15(9(5-21)17(23)29-19(13)27-25-7)11-3-4-12(31-11)16-10(6-22)18(24)30-20-14(16)8(2)26-28-20/h3-4,15-16H,23-24H2,1-2H3,(H,25,27)(H,26,28). The molecule has 0 amide bonds. The highest BCUT2D eigenvalue weighted by Crippen LogP contribution is 2.49. The number of hydrogen-bond donors (Lipinski definition) is 4. The van der Waals surface area contributed by atoms with Gasteiger partial charge in [-0.15, -0.1) is 21.5 Å². The zero-order valence-electron chi connectivity index (χ0n) is 16.5. The number of nitrogens with one attached hydrogen (secondary N) is 2. The quantitative estimate of drug-likeness (QED) is 0.476. The Bertz CT molecular complexity index is 1270. The lowest BCUT2D eigenvalue weighted by molar-refractivity contribution is 0.379. The Hall–Kier alpha value is -4.22. The maximum Gasteiger partial charge on any atom is 0.244 e. The van der Waals surface area contributed by atoms with E-state index in [0.29, 0.717) is 22.9 Å². The molecule has 0 spiro atoms. The summed E-state index contributed by atoms with van der Waals surface area (Å²) in [4.78, 5) is 1.74. The normalized spacial score (nSPS) is 19.7. The third-order valence-corrected chi connectivity index (χ3v) is 6.69. The van der Waals surface area contributed by atoms with E-state index in [1.807, 2.05) is 26.0 Å². The molecule has 2 aliphatic rings.